The van der Waals surface area contributed by atoms with Crippen LogP contribution in [0, 0.1) is 18.3 Å². The Bertz CT molecular complexity index is 361. The van der Waals surface area contributed by atoms with Gasteiger partial charge >= 0.3 is 0 Å². The largest absolute Gasteiger partial charge is 0.384 e. The maximum atomic E-state index is 7.53. The number of thioether (sulfide) groups is 1. The molecular formula is C11H17N3S. The molecule has 0 atom stereocenters. The summed E-state index contributed by atoms with van der Waals surface area (Å²) in [5, 5.41) is 8.40. The maximum absolute atomic E-state index is 7.53. The molecule has 1 aromatic rings. The molecule has 0 aliphatic carbocycles. The summed E-state index contributed by atoms with van der Waals surface area (Å²) in [7, 11) is 0. The van der Waals surface area contributed by atoms with Gasteiger partial charge in [0.25, 0.3) is 0 Å². The van der Waals surface area contributed by atoms with Gasteiger partial charge in [-0.05, 0) is 24.5 Å². The van der Waals surface area contributed by atoms with Gasteiger partial charge in [0.05, 0.1) is 5.56 Å². The van der Waals surface area contributed by atoms with Gasteiger partial charge in [-0.2, -0.15) is 0 Å². The summed E-state index contributed by atoms with van der Waals surface area (Å²) in [4.78, 5) is 4.27. The second kappa shape index (κ2) is 5.16. The molecule has 3 N–H and O–H groups in total. The summed E-state index contributed by atoms with van der Waals surface area (Å²) >= 11 is 1.67. The molecule has 0 unspecified atom stereocenters. The minimum atomic E-state index is 0.104. The van der Waals surface area contributed by atoms with Crippen LogP contribution in [-0.4, -0.2) is 16.6 Å². The average molecular weight is 223 g/mol. The standard InChI is InChI=1S/C11H17N3S/c1-7(2)6-15-11-9(10(12)13)8(3)4-5-14-11/h4-5,7H,6H2,1-3H3,(H3,12,13). The highest BCUT2D eigenvalue weighted by molar-refractivity contribution is 7.99. The lowest BCUT2D eigenvalue weighted by Gasteiger charge is -2.10. The molecule has 0 fully saturated rings. The zero-order valence-corrected chi connectivity index (χ0v) is 10.2. The van der Waals surface area contributed by atoms with E-state index in [1.807, 2.05) is 13.0 Å². The van der Waals surface area contributed by atoms with Crippen molar-refractivity contribution in [2.75, 3.05) is 5.75 Å². The first kappa shape index (κ1) is 12.0. The average Bonchev–Trinajstić information content (AvgIpc) is 2.13. The number of nitrogens with zero attached hydrogens (tertiary/aromatic N) is 1. The monoisotopic (exact) mass is 223 g/mol. The van der Waals surface area contributed by atoms with E-state index in [1.165, 1.54) is 0 Å². The van der Waals surface area contributed by atoms with Crippen LogP contribution in [0.1, 0.15) is 25.0 Å². The van der Waals surface area contributed by atoms with Gasteiger partial charge in [-0.25, -0.2) is 4.98 Å². The summed E-state index contributed by atoms with van der Waals surface area (Å²) in [6.45, 7) is 6.28. The van der Waals surface area contributed by atoms with Crippen molar-refractivity contribution in [2.45, 2.75) is 25.8 Å². The molecule has 82 valence electrons. The molecule has 1 heterocycles. The Morgan fingerprint density at radius 2 is 2.27 bits per heavy atom. The molecule has 0 spiro atoms. The number of aryl methyl sites for hydroxylation is 1. The molecule has 0 amide bonds. The van der Waals surface area contributed by atoms with Crippen molar-refractivity contribution >= 4 is 17.6 Å². The number of nitrogens with one attached hydrogen (secondary N) is 1. The van der Waals surface area contributed by atoms with Crippen molar-refractivity contribution in [1.29, 1.82) is 5.41 Å². The molecule has 3 nitrogen and oxygen atoms in total. The highest BCUT2D eigenvalue weighted by atomic mass is 32.2. The lowest BCUT2D eigenvalue weighted by atomic mass is 10.1. The van der Waals surface area contributed by atoms with Crippen LogP contribution in [0.5, 0.6) is 0 Å². The van der Waals surface area contributed by atoms with E-state index >= 15 is 0 Å². The van der Waals surface area contributed by atoms with Crippen molar-refractivity contribution in [3.8, 4) is 0 Å². The molecule has 0 aliphatic rings. The van der Waals surface area contributed by atoms with Crippen LogP contribution in [0.4, 0.5) is 0 Å². The van der Waals surface area contributed by atoms with Crippen LogP contribution in [-0.2, 0) is 0 Å². The molecule has 1 rings (SSSR count). The molecule has 0 saturated heterocycles. The van der Waals surface area contributed by atoms with Gasteiger partial charge in [0, 0.05) is 11.9 Å². The Morgan fingerprint density at radius 3 is 2.80 bits per heavy atom. The van der Waals surface area contributed by atoms with E-state index in [2.05, 4.69) is 18.8 Å². The predicted molar refractivity (Wildman–Crippen MR) is 65.6 cm³/mol. The Balaban J connectivity index is 2.96. The van der Waals surface area contributed by atoms with Crippen LogP contribution in [0.3, 0.4) is 0 Å². The topological polar surface area (TPSA) is 62.8 Å². The van der Waals surface area contributed by atoms with E-state index in [0.717, 1.165) is 21.9 Å². The van der Waals surface area contributed by atoms with Crippen LogP contribution in [0.2, 0.25) is 0 Å². The summed E-state index contributed by atoms with van der Waals surface area (Å²) in [6.07, 6.45) is 1.77. The second-order valence-corrected chi connectivity index (χ2v) is 4.94. The number of aromatic nitrogens is 1. The van der Waals surface area contributed by atoms with E-state index < -0.39 is 0 Å². The van der Waals surface area contributed by atoms with Crippen LogP contribution in [0.15, 0.2) is 17.3 Å². The van der Waals surface area contributed by atoms with E-state index in [9.17, 15) is 0 Å². The Hall–Kier alpha value is -1.03. The molecule has 15 heavy (non-hydrogen) atoms. The SMILES string of the molecule is Cc1ccnc(SCC(C)C)c1C(=N)N. The number of hydrogen-bond donors (Lipinski definition) is 2. The first-order valence-corrected chi connectivity index (χ1v) is 5.93. The third-order valence-electron chi connectivity index (χ3n) is 1.95. The summed E-state index contributed by atoms with van der Waals surface area (Å²) in [5.41, 5.74) is 7.35. The minimum absolute atomic E-state index is 0.104. The highest BCUT2D eigenvalue weighted by Crippen LogP contribution is 2.24. The zero-order valence-electron chi connectivity index (χ0n) is 9.37. The van der Waals surface area contributed by atoms with Gasteiger partial charge in [-0.1, -0.05) is 13.8 Å². The van der Waals surface area contributed by atoms with Gasteiger partial charge in [0.15, 0.2) is 0 Å². The number of pyridine rings is 1. The number of nitrogen functional groups attached to an aromatic ring is 1. The van der Waals surface area contributed by atoms with Crippen molar-refractivity contribution in [3.63, 3.8) is 0 Å². The van der Waals surface area contributed by atoms with Crippen molar-refractivity contribution in [2.24, 2.45) is 11.7 Å². The van der Waals surface area contributed by atoms with Gasteiger partial charge in [-0.15, -0.1) is 11.8 Å². The third kappa shape index (κ3) is 3.23. The van der Waals surface area contributed by atoms with E-state index in [1.54, 1.807) is 18.0 Å². The van der Waals surface area contributed by atoms with Crippen LogP contribution >= 0.6 is 11.8 Å². The maximum Gasteiger partial charge on any atom is 0.125 e. The van der Waals surface area contributed by atoms with Gasteiger partial charge in [-0.3, -0.25) is 5.41 Å². The van der Waals surface area contributed by atoms with Crippen molar-refractivity contribution in [3.05, 3.63) is 23.4 Å². The van der Waals surface area contributed by atoms with Gasteiger partial charge in [0.2, 0.25) is 0 Å². The van der Waals surface area contributed by atoms with Crippen molar-refractivity contribution < 1.29 is 0 Å². The third-order valence-corrected chi connectivity index (χ3v) is 3.36. The number of hydrogen-bond acceptors (Lipinski definition) is 3. The van der Waals surface area contributed by atoms with E-state index in [0.29, 0.717) is 5.92 Å². The fourth-order valence-corrected chi connectivity index (χ4v) is 2.26. The molecule has 0 radical (unpaired) electrons. The van der Waals surface area contributed by atoms with Crippen LogP contribution < -0.4 is 5.73 Å². The lowest BCUT2D eigenvalue weighted by Crippen LogP contribution is -2.15. The quantitative estimate of drug-likeness (QED) is 0.468. The van der Waals surface area contributed by atoms with E-state index in [4.69, 9.17) is 11.1 Å². The summed E-state index contributed by atoms with van der Waals surface area (Å²) in [5.74, 6) is 1.71. The van der Waals surface area contributed by atoms with Crippen molar-refractivity contribution in [1.82, 2.24) is 4.98 Å². The molecular weight excluding hydrogens is 206 g/mol. The lowest BCUT2D eigenvalue weighted by molar-refractivity contribution is 0.749. The fourth-order valence-electron chi connectivity index (χ4n) is 1.22. The smallest absolute Gasteiger partial charge is 0.125 e. The first-order valence-electron chi connectivity index (χ1n) is 4.95. The number of nitrogens with two attached hydrogens (primary N) is 1. The van der Waals surface area contributed by atoms with E-state index in [-0.39, 0.29) is 5.84 Å². The Morgan fingerprint density at radius 1 is 1.60 bits per heavy atom. The predicted octanol–water partition coefficient (Wildman–Crippen LogP) is 2.42. The number of rotatable bonds is 4. The highest BCUT2D eigenvalue weighted by Gasteiger charge is 2.10. The number of amidine groups is 1. The van der Waals surface area contributed by atoms with Gasteiger partial charge < -0.3 is 5.73 Å². The normalized spacial score (nSPS) is 10.7. The Labute approximate surface area is 95.0 Å². The van der Waals surface area contributed by atoms with Crippen LogP contribution in [0.25, 0.3) is 0 Å². The second-order valence-electron chi connectivity index (χ2n) is 3.93. The summed E-state index contributed by atoms with van der Waals surface area (Å²) < 4.78 is 0. The Kier molecular flexibility index (Phi) is 4.15. The molecule has 0 aromatic carbocycles. The molecule has 4 heteroatoms. The van der Waals surface area contributed by atoms with Gasteiger partial charge in [0.1, 0.15) is 10.9 Å². The minimum Gasteiger partial charge on any atom is -0.384 e. The fraction of sp³-hybridized carbons (Fsp3) is 0.455. The molecule has 0 saturated carbocycles. The zero-order chi connectivity index (χ0) is 11.4. The molecule has 0 aliphatic heterocycles. The summed E-state index contributed by atoms with van der Waals surface area (Å²) in [6, 6.07) is 1.89. The molecule has 0 bridgehead atoms. The molecule has 1 aromatic heterocycles. The first-order chi connectivity index (χ1) is 7.02.